The summed E-state index contributed by atoms with van der Waals surface area (Å²) in [6.07, 6.45) is 1.73. The fraction of sp³-hybridized carbons (Fsp3) is 0.286. The van der Waals surface area contributed by atoms with Crippen molar-refractivity contribution < 1.29 is 0 Å². The van der Waals surface area contributed by atoms with Crippen molar-refractivity contribution in [2.24, 2.45) is 0 Å². The van der Waals surface area contributed by atoms with E-state index in [2.05, 4.69) is 44.7 Å². The maximum Gasteiger partial charge on any atom is 0.152 e. The summed E-state index contributed by atoms with van der Waals surface area (Å²) >= 11 is 5.86. The molecule has 0 spiro atoms. The van der Waals surface area contributed by atoms with Crippen LogP contribution in [0.5, 0.6) is 0 Å². The van der Waals surface area contributed by atoms with E-state index in [0.29, 0.717) is 5.15 Å². The first-order valence-corrected chi connectivity index (χ1v) is 6.75. The second-order valence-corrected chi connectivity index (χ2v) is 4.94. The minimum Gasteiger partial charge on any atom is -0.369 e. The molecule has 1 aliphatic heterocycles. The minimum atomic E-state index is 0.420. The SMILES string of the molecule is Clc1cc(-c2ccc(N3CCNCC3)cc2)cnn1. The molecule has 3 rings (SSSR count). The number of hydrogen-bond donors (Lipinski definition) is 1. The van der Waals surface area contributed by atoms with E-state index < -0.39 is 0 Å². The van der Waals surface area contributed by atoms with Crippen molar-refractivity contribution in [2.45, 2.75) is 0 Å². The molecule has 0 atom stereocenters. The van der Waals surface area contributed by atoms with Gasteiger partial charge in [-0.1, -0.05) is 23.7 Å². The van der Waals surface area contributed by atoms with E-state index in [1.807, 2.05) is 6.07 Å². The van der Waals surface area contributed by atoms with Gasteiger partial charge in [-0.3, -0.25) is 0 Å². The van der Waals surface area contributed by atoms with Crippen molar-refractivity contribution in [1.29, 1.82) is 0 Å². The first-order valence-electron chi connectivity index (χ1n) is 6.37. The zero-order valence-corrected chi connectivity index (χ0v) is 11.3. The molecule has 0 radical (unpaired) electrons. The van der Waals surface area contributed by atoms with Crippen molar-refractivity contribution in [2.75, 3.05) is 31.1 Å². The third-order valence-electron chi connectivity index (χ3n) is 3.31. The number of piperazine rings is 1. The number of anilines is 1. The van der Waals surface area contributed by atoms with Gasteiger partial charge in [0.25, 0.3) is 0 Å². The van der Waals surface area contributed by atoms with Crippen LogP contribution in [0.3, 0.4) is 0 Å². The number of rotatable bonds is 2. The lowest BCUT2D eigenvalue weighted by atomic mass is 10.1. The van der Waals surface area contributed by atoms with Crippen LogP contribution in [-0.2, 0) is 0 Å². The summed E-state index contributed by atoms with van der Waals surface area (Å²) in [5, 5.41) is 11.4. The second kappa shape index (κ2) is 5.55. The van der Waals surface area contributed by atoms with Crippen LogP contribution in [0.2, 0.25) is 5.15 Å². The molecular weight excluding hydrogens is 260 g/mol. The molecule has 19 heavy (non-hydrogen) atoms. The first-order chi connectivity index (χ1) is 9.33. The van der Waals surface area contributed by atoms with Crippen LogP contribution in [0, 0.1) is 0 Å². The van der Waals surface area contributed by atoms with Gasteiger partial charge >= 0.3 is 0 Å². The van der Waals surface area contributed by atoms with Gasteiger partial charge in [-0.15, -0.1) is 5.10 Å². The van der Waals surface area contributed by atoms with E-state index in [-0.39, 0.29) is 0 Å². The summed E-state index contributed by atoms with van der Waals surface area (Å²) in [5.41, 5.74) is 3.36. The van der Waals surface area contributed by atoms with Gasteiger partial charge in [0.05, 0.1) is 6.20 Å². The zero-order chi connectivity index (χ0) is 13.1. The summed E-state index contributed by atoms with van der Waals surface area (Å²) < 4.78 is 0. The number of halogens is 1. The van der Waals surface area contributed by atoms with E-state index in [1.54, 1.807) is 6.20 Å². The highest BCUT2D eigenvalue weighted by molar-refractivity contribution is 6.29. The predicted octanol–water partition coefficient (Wildman–Crippen LogP) is 2.21. The summed E-state index contributed by atoms with van der Waals surface area (Å²) in [7, 11) is 0. The van der Waals surface area contributed by atoms with Crippen molar-refractivity contribution in [3.05, 3.63) is 41.7 Å². The topological polar surface area (TPSA) is 41.0 Å². The number of benzene rings is 1. The lowest BCUT2D eigenvalue weighted by Crippen LogP contribution is -2.43. The number of nitrogens with zero attached hydrogens (tertiary/aromatic N) is 3. The Kier molecular flexibility index (Phi) is 3.62. The molecule has 1 aliphatic rings. The van der Waals surface area contributed by atoms with Crippen LogP contribution >= 0.6 is 11.6 Å². The van der Waals surface area contributed by atoms with Crippen LogP contribution < -0.4 is 10.2 Å². The molecule has 0 aliphatic carbocycles. The Morgan fingerprint density at radius 3 is 2.47 bits per heavy atom. The summed E-state index contributed by atoms with van der Waals surface area (Å²) in [5.74, 6) is 0. The molecule has 1 aromatic carbocycles. The molecule has 1 fully saturated rings. The van der Waals surface area contributed by atoms with Crippen molar-refractivity contribution in [1.82, 2.24) is 15.5 Å². The largest absolute Gasteiger partial charge is 0.369 e. The van der Waals surface area contributed by atoms with Crippen LogP contribution in [0.15, 0.2) is 36.5 Å². The van der Waals surface area contributed by atoms with Gasteiger partial charge in [-0.05, 0) is 23.8 Å². The molecule has 1 aromatic heterocycles. The van der Waals surface area contributed by atoms with Crippen molar-refractivity contribution >= 4 is 17.3 Å². The Balaban J connectivity index is 1.82. The molecular formula is C14H15ClN4. The quantitative estimate of drug-likeness (QED) is 0.912. The fourth-order valence-corrected chi connectivity index (χ4v) is 2.45. The van der Waals surface area contributed by atoms with E-state index in [4.69, 9.17) is 11.6 Å². The lowest BCUT2D eigenvalue weighted by Gasteiger charge is -2.29. The smallest absolute Gasteiger partial charge is 0.152 e. The molecule has 0 bridgehead atoms. The summed E-state index contributed by atoms with van der Waals surface area (Å²) in [4.78, 5) is 2.39. The molecule has 2 heterocycles. The molecule has 5 heteroatoms. The second-order valence-electron chi connectivity index (χ2n) is 4.55. The Labute approximate surface area is 117 Å². The van der Waals surface area contributed by atoms with Crippen molar-refractivity contribution in [3.8, 4) is 11.1 Å². The highest BCUT2D eigenvalue weighted by atomic mass is 35.5. The van der Waals surface area contributed by atoms with E-state index in [9.17, 15) is 0 Å². The average molecular weight is 275 g/mol. The third kappa shape index (κ3) is 2.85. The van der Waals surface area contributed by atoms with Crippen LogP contribution in [0.1, 0.15) is 0 Å². The Bertz CT molecular complexity index is 550. The zero-order valence-electron chi connectivity index (χ0n) is 10.5. The van der Waals surface area contributed by atoms with Crippen molar-refractivity contribution in [3.63, 3.8) is 0 Å². The molecule has 1 N–H and O–H groups in total. The molecule has 0 saturated carbocycles. The van der Waals surface area contributed by atoms with E-state index in [1.165, 1.54) is 5.69 Å². The summed E-state index contributed by atoms with van der Waals surface area (Å²) in [6, 6.07) is 10.3. The maximum absolute atomic E-state index is 5.86. The monoisotopic (exact) mass is 274 g/mol. The molecule has 4 nitrogen and oxygen atoms in total. The molecule has 98 valence electrons. The molecule has 0 amide bonds. The third-order valence-corrected chi connectivity index (χ3v) is 3.49. The van der Waals surface area contributed by atoms with E-state index in [0.717, 1.165) is 37.3 Å². The van der Waals surface area contributed by atoms with E-state index >= 15 is 0 Å². The highest BCUT2D eigenvalue weighted by Crippen LogP contribution is 2.24. The Morgan fingerprint density at radius 1 is 1.05 bits per heavy atom. The van der Waals surface area contributed by atoms with Gasteiger partial charge in [-0.2, -0.15) is 5.10 Å². The van der Waals surface area contributed by atoms with Gasteiger partial charge in [0.15, 0.2) is 5.15 Å². The van der Waals surface area contributed by atoms with Gasteiger partial charge in [0, 0.05) is 37.4 Å². The lowest BCUT2D eigenvalue weighted by molar-refractivity contribution is 0.589. The molecule has 1 saturated heterocycles. The number of hydrogen-bond acceptors (Lipinski definition) is 4. The number of aromatic nitrogens is 2. The van der Waals surface area contributed by atoms with Gasteiger partial charge < -0.3 is 10.2 Å². The Morgan fingerprint density at radius 2 is 1.79 bits per heavy atom. The number of nitrogens with one attached hydrogen (secondary N) is 1. The average Bonchev–Trinajstić information content (AvgIpc) is 2.48. The molecule has 2 aromatic rings. The van der Waals surface area contributed by atoms with Gasteiger partial charge in [0.2, 0.25) is 0 Å². The van der Waals surface area contributed by atoms with Gasteiger partial charge in [-0.25, -0.2) is 0 Å². The first kappa shape index (κ1) is 12.4. The standard InChI is InChI=1S/C14H15ClN4/c15-14-9-12(10-17-18-14)11-1-3-13(4-2-11)19-7-5-16-6-8-19/h1-4,9-10,16H,5-8H2. The highest BCUT2D eigenvalue weighted by Gasteiger charge is 2.10. The maximum atomic E-state index is 5.86. The van der Waals surface area contributed by atoms with Gasteiger partial charge in [0.1, 0.15) is 0 Å². The molecule has 0 unspecified atom stereocenters. The Hall–Kier alpha value is -1.65. The predicted molar refractivity (Wildman–Crippen MR) is 77.6 cm³/mol. The van der Waals surface area contributed by atoms with Crippen LogP contribution in [0.4, 0.5) is 5.69 Å². The van der Waals surface area contributed by atoms with Crippen LogP contribution in [-0.4, -0.2) is 36.4 Å². The summed E-state index contributed by atoms with van der Waals surface area (Å²) in [6.45, 7) is 4.21. The normalized spacial score (nSPS) is 15.5. The minimum absolute atomic E-state index is 0.420. The fourth-order valence-electron chi connectivity index (χ4n) is 2.29. The van der Waals surface area contributed by atoms with Crippen LogP contribution in [0.25, 0.3) is 11.1 Å².